The number of hydrogen-bond acceptors (Lipinski definition) is 4. The van der Waals surface area contributed by atoms with Gasteiger partial charge in [0.25, 0.3) is 5.91 Å². The van der Waals surface area contributed by atoms with Crippen LogP contribution in [-0.2, 0) is 13.1 Å². The van der Waals surface area contributed by atoms with E-state index < -0.39 is 0 Å². The minimum Gasteiger partial charge on any atom is -0.329 e. The predicted molar refractivity (Wildman–Crippen MR) is 110 cm³/mol. The lowest BCUT2D eigenvalue weighted by Crippen LogP contribution is -2.36. The fourth-order valence-corrected chi connectivity index (χ4v) is 3.63. The summed E-state index contributed by atoms with van der Waals surface area (Å²) in [7, 11) is 4.01. The number of thiophene rings is 1. The summed E-state index contributed by atoms with van der Waals surface area (Å²) in [5.74, 6) is 0.887. The molecule has 2 heterocycles. The molecule has 0 fully saturated rings. The first-order chi connectivity index (χ1) is 13.0. The third-order valence-electron chi connectivity index (χ3n) is 4.27. The van der Waals surface area contributed by atoms with Gasteiger partial charge < -0.3 is 14.4 Å². The molecule has 0 saturated heterocycles. The number of carbonyl (C=O) groups excluding carboxylic acids is 1. The summed E-state index contributed by atoms with van der Waals surface area (Å²) in [5, 5.41) is 2.66. The molecule has 0 unspecified atom stereocenters. The first kappa shape index (κ1) is 19.6. The van der Waals surface area contributed by atoms with E-state index in [0.29, 0.717) is 19.6 Å². The van der Waals surface area contributed by atoms with Gasteiger partial charge in [-0.2, -0.15) is 0 Å². The average molecular weight is 403 g/mol. The molecule has 0 bridgehead atoms. The summed E-state index contributed by atoms with van der Waals surface area (Å²) < 4.78 is 2.05. The topological polar surface area (TPSA) is 41.4 Å². The summed E-state index contributed by atoms with van der Waals surface area (Å²) >= 11 is 7.76. The van der Waals surface area contributed by atoms with Crippen molar-refractivity contribution < 1.29 is 4.79 Å². The van der Waals surface area contributed by atoms with E-state index in [2.05, 4.69) is 9.88 Å². The Morgan fingerprint density at radius 2 is 2.00 bits per heavy atom. The molecule has 0 aliphatic carbocycles. The van der Waals surface area contributed by atoms with Crippen LogP contribution in [0, 0.1) is 0 Å². The number of benzene rings is 1. The number of aromatic nitrogens is 2. The minimum atomic E-state index is 0.0409. The first-order valence-corrected chi connectivity index (χ1v) is 10.0. The Morgan fingerprint density at radius 3 is 2.70 bits per heavy atom. The molecule has 1 amide bonds. The van der Waals surface area contributed by atoms with E-state index >= 15 is 0 Å². The Hall–Kier alpha value is -2.15. The van der Waals surface area contributed by atoms with Crippen LogP contribution in [0.1, 0.15) is 21.1 Å². The Balaban J connectivity index is 1.79. The Morgan fingerprint density at radius 1 is 1.19 bits per heavy atom. The highest BCUT2D eigenvalue weighted by Crippen LogP contribution is 2.18. The van der Waals surface area contributed by atoms with Crippen molar-refractivity contribution in [3.63, 3.8) is 0 Å². The van der Waals surface area contributed by atoms with Crippen LogP contribution < -0.4 is 0 Å². The molecule has 0 spiro atoms. The van der Waals surface area contributed by atoms with Crippen LogP contribution in [0.5, 0.6) is 0 Å². The predicted octanol–water partition coefficient (Wildman–Crippen LogP) is 3.85. The fourth-order valence-electron chi connectivity index (χ4n) is 2.75. The number of nitrogens with zero attached hydrogens (tertiary/aromatic N) is 4. The van der Waals surface area contributed by atoms with Crippen molar-refractivity contribution >= 4 is 28.8 Å². The molecule has 5 nitrogen and oxygen atoms in total. The van der Waals surface area contributed by atoms with Gasteiger partial charge in [-0.1, -0.05) is 35.9 Å². The van der Waals surface area contributed by atoms with Gasteiger partial charge in [0.05, 0.1) is 18.0 Å². The Bertz CT molecular complexity index is 876. The number of halogens is 1. The highest BCUT2D eigenvalue weighted by molar-refractivity contribution is 7.12. The van der Waals surface area contributed by atoms with Gasteiger partial charge in [0.15, 0.2) is 0 Å². The molecule has 142 valence electrons. The number of carbonyl (C=O) groups is 1. The van der Waals surface area contributed by atoms with Crippen molar-refractivity contribution in [3.05, 3.63) is 75.5 Å². The molecule has 0 aliphatic heterocycles. The average Bonchev–Trinajstić information content (AvgIpc) is 3.32. The first-order valence-electron chi connectivity index (χ1n) is 8.75. The van der Waals surface area contributed by atoms with E-state index in [1.807, 2.05) is 71.5 Å². The molecule has 3 aromatic rings. The second-order valence-corrected chi connectivity index (χ2v) is 7.92. The maximum Gasteiger partial charge on any atom is 0.264 e. The van der Waals surface area contributed by atoms with Crippen molar-refractivity contribution in [1.29, 1.82) is 0 Å². The van der Waals surface area contributed by atoms with Crippen molar-refractivity contribution in [2.24, 2.45) is 0 Å². The summed E-state index contributed by atoms with van der Waals surface area (Å²) in [4.78, 5) is 22.1. The third kappa shape index (κ3) is 5.19. The van der Waals surface area contributed by atoms with Crippen molar-refractivity contribution in [2.75, 3.05) is 27.2 Å². The summed E-state index contributed by atoms with van der Waals surface area (Å²) in [6, 6.07) is 11.6. The minimum absolute atomic E-state index is 0.0409. The Kier molecular flexibility index (Phi) is 6.66. The van der Waals surface area contributed by atoms with Crippen LogP contribution in [-0.4, -0.2) is 52.4 Å². The summed E-state index contributed by atoms with van der Waals surface area (Å²) in [6.45, 7) is 2.52. The molecule has 2 aromatic heterocycles. The standard InChI is InChI=1S/C20H23ClN4OS/c1-23(2)11-12-25(20(26)18-8-5-13-27-18)15-19-22-9-10-24(19)14-16-6-3-4-7-17(16)21/h3-10,13H,11-12,14-15H2,1-2H3. The largest absolute Gasteiger partial charge is 0.329 e. The van der Waals surface area contributed by atoms with Crippen molar-refractivity contribution in [3.8, 4) is 0 Å². The molecule has 0 saturated carbocycles. The van der Waals surface area contributed by atoms with Crippen molar-refractivity contribution in [2.45, 2.75) is 13.1 Å². The molecule has 0 N–H and O–H groups in total. The zero-order valence-electron chi connectivity index (χ0n) is 15.5. The van der Waals surface area contributed by atoms with Gasteiger partial charge in [-0.05, 0) is 37.2 Å². The molecular weight excluding hydrogens is 380 g/mol. The van der Waals surface area contributed by atoms with Crippen LogP contribution in [0.4, 0.5) is 0 Å². The number of likely N-dealkylation sites (N-methyl/N-ethyl adjacent to an activating group) is 1. The molecule has 7 heteroatoms. The van der Waals surface area contributed by atoms with E-state index in [4.69, 9.17) is 11.6 Å². The number of amides is 1. The highest BCUT2D eigenvalue weighted by Gasteiger charge is 2.19. The second kappa shape index (κ2) is 9.17. The third-order valence-corrected chi connectivity index (χ3v) is 5.50. The molecular formula is C20H23ClN4OS. The van der Waals surface area contributed by atoms with E-state index in [1.165, 1.54) is 11.3 Å². The second-order valence-electron chi connectivity index (χ2n) is 6.57. The monoisotopic (exact) mass is 402 g/mol. The van der Waals surface area contributed by atoms with E-state index in [1.54, 1.807) is 6.20 Å². The van der Waals surface area contributed by atoms with Gasteiger partial charge in [0.2, 0.25) is 0 Å². The maximum atomic E-state index is 12.9. The normalized spacial score (nSPS) is 11.1. The molecule has 3 rings (SSSR count). The summed E-state index contributed by atoms with van der Waals surface area (Å²) in [6.07, 6.45) is 3.70. The van der Waals surface area contributed by atoms with Crippen LogP contribution in [0.25, 0.3) is 0 Å². The van der Waals surface area contributed by atoms with Gasteiger partial charge in [-0.25, -0.2) is 4.98 Å². The number of rotatable bonds is 8. The molecule has 0 atom stereocenters. The lowest BCUT2D eigenvalue weighted by atomic mass is 10.2. The van der Waals surface area contributed by atoms with Gasteiger partial charge in [0.1, 0.15) is 5.82 Å². The lowest BCUT2D eigenvalue weighted by Gasteiger charge is -2.24. The van der Waals surface area contributed by atoms with E-state index in [9.17, 15) is 4.79 Å². The van der Waals surface area contributed by atoms with Gasteiger partial charge in [-0.15, -0.1) is 11.3 Å². The maximum absolute atomic E-state index is 12.9. The summed E-state index contributed by atoms with van der Waals surface area (Å²) in [5.41, 5.74) is 1.03. The zero-order valence-corrected chi connectivity index (χ0v) is 17.1. The highest BCUT2D eigenvalue weighted by atomic mass is 35.5. The molecule has 0 radical (unpaired) electrons. The van der Waals surface area contributed by atoms with Gasteiger partial charge >= 0.3 is 0 Å². The molecule has 1 aromatic carbocycles. The number of hydrogen-bond donors (Lipinski definition) is 0. The van der Waals surface area contributed by atoms with Crippen LogP contribution in [0.15, 0.2) is 54.2 Å². The smallest absolute Gasteiger partial charge is 0.264 e. The fraction of sp³-hybridized carbons (Fsp3) is 0.300. The Labute approximate surface area is 168 Å². The zero-order chi connectivity index (χ0) is 19.2. The SMILES string of the molecule is CN(C)CCN(Cc1nccn1Cc1ccccc1Cl)C(=O)c1cccs1. The van der Waals surface area contributed by atoms with Crippen LogP contribution in [0.2, 0.25) is 5.02 Å². The van der Waals surface area contributed by atoms with Gasteiger partial charge in [-0.3, -0.25) is 4.79 Å². The number of imidazole rings is 1. The van der Waals surface area contributed by atoms with Crippen molar-refractivity contribution in [1.82, 2.24) is 19.4 Å². The quantitative estimate of drug-likeness (QED) is 0.574. The van der Waals surface area contributed by atoms with E-state index in [0.717, 1.165) is 27.8 Å². The van der Waals surface area contributed by atoms with Gasteiger partial charge in [0, 0.05) is 30.5 Å². The molecule has 0 aliphatic rings. The lowest BCUT2D eigenvalue weighted by molar-refractivity contribution is 0.0730. The van der Waals surface area contributed by atoms with Crippen LogP contribution >= 0.6 is 22.9 Å². The van der Waals surface area contributed by atoms with Crippen LogP contribution in [0.3, 0.4) is 0 Å². The van der Waals surface area contributed by atoms with E-state index in [-0.39, 0.29) is 5.91 Å². The molecule has 27 heavy (non-hydrogen) atoms.